The number of ether oxygens (including phenoxy) is 2. The Hall–Kier alpha value is -2.38. The summed E-state index contributed by atoms with van der Waals surface area (Å²) in [5, 5.41) is 2.26. The van der Waals surface area contributed by atoms with Crippen molar-refractivity contribution in [2.45, 2.75) is 37.3 Å². The van der Waals surface area contributed by atoms with Gasteiger partial charge < -0.3 is 9.47 Å². The van der Waals surface area contributed by atoms with Crippen LogP contribution in [0.15, 0.2) is 47.2 Å². The molecule has 5 rings (SSSR count). The first-order valence-electron chi connectivity index (χ1n) is 9.95. The molecular weight excluding hydrogens is 424 g/mol. The number of amides is 1. The molecule has 0 saturated heterocycles. The molecule has 1 amide bonds. The third kappa shape index (κ3) is 2.94. The van der Waals surface area contributed by atoms with Gasteiger partial charge in [-0.1, -0.05) is 19.1 Å². The number of ketones is 1. The molecule has 0 N–H and O–H groups in total. The third-order valence-electron chi connectivity index (χ3n) is 6.25. The average molecular weight is 445 g/mol. The molecule has 3 aliphatic rings. The lowest BCUT2D eigenvalue weighted by atomic mass is 9.74. The molecule has 1 aromatic heterocycles. The summed E-state index contributed by atoms with van der Waals surface area (Å²) in [7, 11) is 1.59. The summed E-state index contributed by atoms with van der Waals surface area (Å²) in [5.74, 6) is 0.342. The number of carbonyl (C=O) groups excluding carboxylic acids is 2. The van der Waals surface area contributed by atoms with Crippen LogP contribution in [0.5, 0.6) is 5.75 Å². The number of nitrogens with zero attached hydrogens (tertiary/aromatic N) is 2. The zero-order valence-electron chi connectivity index (χ0n) is 16.6. The van der Waals surface area contributed by atoms with Crippen LogP contribution < -0.4 is 9.64 Å². The molecule has 0 bridgehead atoms. The number of hydrogen-bond donors (Lipinski definition) is 0. The molecule has 1 saturated carbocycles. The largest absolute Gasteiger partial charge is 0.497 e. The van der Waals surface area contributed by atoms with Crippen molar-refractivity contribution in [3.05, 3.63) is 52.7 Å². The minimum atomic E-state index is -0.602. The van der Waals surface area contributed by atoms with Gasteiger partial charge in [0.25, 0.3) is 5.91 Å². The van der Waals surface area contributed by atoms with E-state index in [2.05, 4.69) is 11.9 Å². The van der Waals surface area contributed by atoms with E-state index in [4.69, 9.17) is 21.1 Å². The normalized spacial score (nSPS) is 30.8. The van der Waals surface area contributed by atoms with E-state index in [0.717, 1.165) is 5.56 Å². The van der Waals surface area contributed by atoms with Gasteiger partial charge in [-0.2, -0.15) is 0 Å². The summed E-state index contributed by atoms with van der Waals surface area (Å²) >= 11 is 7.85. The Morgan fingerprint density at radius 2 is 2.13 bits per heavy atom. The van der Waals surface area contributed by atoms with Crippen LogP contribution in [0.2, 0.25) is 0 Å². The summed E-state index contributed by atoms with van der Waals surface area (Å²) < 4.78 is 11.6. The molecule has 1 aromatic carbocycles. The Bertz CT molecular complexity index is 1040. The van der Waals surface area contributed by atoms with Gasteiger partial charge in [-0.3, -0.25) is 14.5 Å². The first kappa shape index (κ1) is 19.6. The van der Waals surface area contributed by atoms with Crippen LogP contribution >= 0.6 is 22.9 Å². The fraction of sp³-hybridized carbons (Fsp3) is 0.409. The van der Waals surface area contributed by atoms with Gasteiger partial charge in [-0.05, 0) is 36.5 Å². The minimum absolute atomic E-state index is 0.0426. The predicted molar refractivity (Wildman–Crippen MR) is 114 cm³/mol. The van der Waals surface area contributed by atoms with E-state index in [0.29, 0.717) is 29.3 Å². The second-order valence-electron chi connectivity index (χ2n) is 8.00. The van der Waals surface area contributed by atoms with Gasteiger partial charge in [-0.15, -0.1) is 22.9 Å². The number of rotatable bonds is 3. The fourth-order valence-corrected chi connectivity index (χ4v) is 5.64. The molecule has 30 heavy (non-hydrogen) atoms. The predicted octanol–water partition coefficient (Wildman–Crippen LogP) is 4.12. The van der Waals surface area contributed by atoms with E-state index in [1.165, 1.54) is 11.3 Å². The molecule has 0 spiro atoms. The second-order valence-corrected chi connectivity index (χ2v) is 9.44. The van der Waals surface area contributed by atoms with Crippen molar-refractivity contribution >= 4 is 39.8 Å². The first-order valence-corrected chi connectivity index (χ1v) is 11.3. The zero-order valence-corrected chi connectivity index (χ0v) is 18.2. The minimum Gasteiger partial charge on any atom is -0.497 e. The molecule has 1 fully saturated rings. The van der Waals surface area contributed by atoms with Crippen LogP contribution in [-0.2, 0) is 14.3 Å². The number of alkyl halides is 1. The number of anilines is 1. The Morgan fingerprint density at radius 3 is 2.87 bits per heavy atom. The smallest absolute Gasteiger partial charge is 0.296 e. The van der Waals surface area contributed by atoms with E-state index < -0.39 is 6.04 Å². The lowest BCUT2D eigenvalue weighted by molar-refractivity contribution is -0.132. The van der Waals surface area contributed by atoms with Crippen molar-refractivity contribution in [3.8, 4) is 5.75 Å². The quantitative estimate of drug-likeness (QED) is 0.666. The second kappa shape index (κ2) is 7.39. The van der Waals surface area contributed by atoms with Gasteiger partial charge in [0.2, 0.25) is 0 Å². The number of methoxy groups -OCH3 is 1. The SMILES string of the molecule is COc1cccc(C2C3=C(OC4CC(C)C(Cl)CC4C3=O)C(=O)N2c2nccs2)c1. The summed E-state index contributed by atoms with van der Waals surface area (Å²) in [6.07, 6.45) is 2.55. The Labute approximate surface area is 183 Å². The van der Waals surface area contributed by atoms with Crippen molar-refractivity contribution in [3.63, 3.8) is 0 Å². The molecule has 2 aromatic rings. The number of thiazole rings is 1. The van der Waals surface area contributed by atoms with E-state index in [9.17, 15) is 9.59 Å². The van der Waals surface area contributed by atoms with E-state index in [1.54, 1.807) is 18.2 Å². The van der Waals surface area contributed by atoms with Gasteiger partial charge in [-0.25, -0.2) is 4.98 Å². The van der Waals surface area contributed by atoms with Gasteiger partial charge in [0.1, 0.15) is 11.9 Å². The number of halogens is 1. The van der Waals surface area contributed by atoms with Crippen molar-refractivity contribution in [2.24, 2.45) is 11.8 Å². The van der Waals surface area contributed by atoms with Gasteiger partial charge in [0, 0.05) is 17.0 Å². The first-order chi connectivity index (χ1) is 14.5. The Balaban J connectivity index is 1.64. The monoisotopic (exact) mass is 444 g/mol. The maximum atomic E-state index is 13.7. The topological polar surface area (TPSA) is 68.7 Å². The van der Waals surface area contributed by atoms with Crippen molar-refractivity contribution in [2.75, 3.05) is 12.0 Å². The van der Waals surface area contributed by atoms with Gasteiger partial charge >= 0.3 is 0 Å². The maximum Gasteiger partial charge on any atom is 0.296 e. The van der Waals surface area contributed by atoms with Crippen LogP contribution in [0, 0.1) is 11.8 Å². The summed E-state index contributed by atoms with van der Waals surface area (Å²) in [5.41, 5.74) is 1.19. The molecule has 6 nitrogen and oxygen atoms in total. The van der Waals surface area contributed by atoms with Crippen molar-refractivity contribution in [1.82, 2.24) is 4.98 Å². The molecule has 156 valence electrons. The number of carbonyl (C=O) groups is 2. The van der Waals surface area contributed by atoms with Crippen LogP contribution in [0.1, 0.15) is 31.4 Å². The lowest BCUT2D eigenvalue weighted by Gasteiger charge is -2.39. The highest BCUT2D eigenvalue weighted by molar-refractivity contribution is 7.13. The van der Waals surface area contributed by atoms with Gasteiger partial charge in [0.15, 0.2) is 16.7 Å². The van der Waals surface area contributed by atoms with Crippen LogP contribution in [0.25, 0.3) is 0 Å². The number of benzene rings is 1. The number of aromatic nitrogens is 1. The molecule has 5 unspecified atom stereocenters. The molecule has 2 aliphatic heterocycles. The summed E-state index contributed by atoms with van der Waals surface area (Å²) in [4.78, 5) is 33.0. The van der Waals surface area contributed by atoms with Crippen molar-refractivity contribution in [1.29, 1.82) is 0 Å². The molecule has 8 heteroatoms. The molecule has 5 atom stereocenters. The number of hydrogen-bond acceptors (Lipinski definition) is 6. The highest BCUT2D eigenvalue weighted by Gasteiger charge is 2.54. The van der Waals surface area contributed by atoms with E-state index in [1.807, 2.05) is 29.6 Å². The molecule has 3 heterocycles. The Kier molecular flexibility index (Phi) is 4.82. The number of fused-ring (bicyclic) bond motifs is 1. The van der Waals surface area contributed by atoms with E-state index in [-0.39, 0.29) is 40.8 Å². The number of Topliss-reactive ketones (excluding diaryl/α,β-unsaturated/α-hetero) is 1. The summed E-state index contributed by atoms with van der Waals surface area (Å²) in [6, 6.07) is 6.82. The van der Waals surface area contributed by atoms with Crippen LogP contribution in [0.3, 0.4) is 0 Å². The summed E-state index contributed by atoms with van der Waals surface area (Å²) in [6.45, 7) is 2.06. The average Bonchev–Trinajstić information content (AvgIpc) is 3.36. The fourth-order valence-electron chi connectivity index (χ4n) is 4.68. The van der Waals surface area contributed by atoms with E-state index >= 15 is 0 Å². The third-order valence-corrected chi connectivity index (χ3v) is 7.62. The highest BCUT2D eigenvalue weighted by atomic mass is 35.5. The maximum absolute atomic E-state index is 13.7. The van der Waals surface area contributed by atoms with Crippen LogP contribution in [-0.4, -0.2) is 35.3 Å². The van der Waals surface area contributed by atoms with Gasteiger partial charge in [0.05, 0.1) is 24.6 Å². The van der Waals surface area contributed by atoms with Crippen molar-refractivity contribution < 1.29 is 19.1 Å². The standard InChI is InChI=1S/C22H21ClN2O4S/c1-11-8-16-14(10-15(11)23)19(26)17-18(12-4-3-5-13(9-12)28-2)25(21(27)20(17)29-16)22-24-6-7-30-22/h3-7,9,11,14-16,18H,8,10H2,1-2H3. The zero-order chi connectivity index (χ0) is 21.0. The lowest BCUT2D eigenvalue weighted by Crippen LogP contribution is -2.44. The highest BCUT2D eigenvalue weighted by Crippen LogP contribution is 2.50. The Morgan fingerprint density at radius 1 is 1.30 bits per heavy atom. The molecular formula is C22H21ClN2O4S. The molecule has 1 aliphatic carbocycles. The molecule has 0 radical (unpaired) electrons. The van der Waals surface area contributed by atoms with Crippen LogP contribution in [0.4, 0.5) is 5.13 Å².